The molecule has 0 aromatic heterocycles. The first-order valence-electron chi connectivity index (χ1n) is 24.3. The zero-order valence-electron chi connectivity index (χ0n) is 41.1. The minimum absolute atomic E-state index is 0.0199. The van der Waals surface area contributed by atoms with Crippen molar-refractivity contribution in [3.8, 4) is 0 Å². The Morgan fingerprint density at radius 3 is 2.33 bits per heavy atom. The molecule has 14 nitrogen and oxygen atoms in total. The molecule has 2 saturated heterocycles. The molecule has 1 aromatic rings. The van der Waals surface area contributed by atoms with Crippen LogP contribution in [0.5, 0.6) is 0 Å². The third-order valence-electron chi connectivity index (χ3n) is 14.8. The van der Waals surface area contributed by atoms with Crippen molar-refractivity contribution >= 4 is 41.0 Å². The molecule has 0 radical (unpaired) electrons. The molecule has 5 rings (SSSR count). The van der Waals surface area contributed by atoms with Gasteiger partial charge in [0, 0.05) is 57.4 Å². The molecule has 3 fully saturated rings. The van der Waals surface area contributed by atoms with Crippen LogP contribution in [0.3, 0.4) is 0 Å². The van der Waals surface area contributed by atoms with Crippen LogP contribution in [-0.4, -0.2) is 138 Å². The van der Waals surface area contributed by atoms with Crippen molar-refractivity contribution in [2.45, 2.75) is 173 Å². The van der Waals surface area contributed by atoms with E-state index in [9.17, 15) is 34.5 Å². The number of carbonyl (C=O) groups is 4. The van der Waals surface area contributed by atoms with E-state index in [4.69, 9.17) is 40.6 Å². The molecule has 3 aliphatic heterocycles. The lowest BCUT2D eigenvalue weighted by molar-refractivity contribution is -0.302. The number of thiocarbonyl (C=S) groups is 1. The van der Waals surface area contributed by atoms with E-state index in [0.29, 0.717) is 62.5 Å². The lowest BCUT2D eigenvalue weighted by atomic mass is 9.81. The number of rotatable bonds is 11. The predicted octanol–water partition coefficient (Wildman–Crippen LogP) is 6.58. The van der Waals surface area contributed by atoms with E-state index in [1.807, 2.05) is 57.2 Å². The molecule has 2 bridgehead atoms. The average Bonchev–Trinajstić information content (AvgIpc) is 3.32. The highest BCUT2D eigenvalue weighted by atomic mass is 32.1. The molecule has 4 aliphatic rings. The third kappa shape index (κ3) is 13.5. The number of amides is 1. The number of hydrogen-bond donors (Lipinski definition) is 3. The fraction of sp³-hybridized carbons (Fsp3) is 0.712. The largest absolute Gasteiger partial charge is 0.456 e. The molecule has 1 saturated carbocycles. The van der Waals surface area contributed by atoms with Crippen LogP contribution in [0, 0.1) is 29.6 Å². The van der Waals surface area contributed by atoms with Gasteiger partial charge in [-0.2, -0.15) is 0 Å². The first kappa shape index (κ1) is 54.7. The van der Waals surface area contributed by atoms with Gasteiger partial charge in [0.15, 0.2) is 0 Å². The fourth-order valence-electron chi connectivity index (χ4n) is 10.7. The number of nitrogens with zero attached hydrogens (tertiary/aromatic N) is 1. The van der Waals surface area contributed by atoms with Crippen LogP contribution in [0.4, 0.5) is 0 Å². The Morgan fingerprint density at radius 2 is 1.66 bits per heavy atom. The molecule has 15 heteroatoms. The monoisotopic (exact) mass is 956 g/mol. The molecule has 374 valence electrons. The van der Waals surface area contributed by atoms with Gasteiger partial charge in [-0.25, -0.2) is 4.79 Å². The van der Waals surface area contributed by atoms with Crippen molar-refractivity contribution in [2.24, 2.45) is 29.6 Å². The van der Waals surface area contributed by atoms with E-state index in [2.05, 4.69) is 6.92 Å². The maximum absolute atomic E-state index is 14.5. The SMILES string of the molecule is CCC1/C=C(\C)CC(C)CC(OC)C2OC(O)(C(=O)C(=O)N3CCCCC3C(=O)OC(C(C)=CC3CCC(OCC(O)c4cccc(C=S)c4)C(OC)C3)C(C)C(O)CC1=O)C(C)CC2OC. The lowest BCUT2D eigenvalue weighted by Crippen LogP contribution is -2.64. The number of ketones is 2. The summed E-state index contributed by atoms with van der Waals surface area (Å²) in [5.41, 5.74) is 3.18. The van der Waals surface area contributed by atoms with Crippen molar-refractivity contribution in [3.05, 3.63) is 58.7 Å². The summed E-state index contributed by atoms with van der Waals surface area (Å²) in [5.74, 6) is -7.68. The number of aliphatic hydroxyl groups excluding tert-OH is 2. The Kier molecular flexibility index (Phi) is 20.4. The molecular formula is C52H77NO13S. The zero-order valence-corrected chi connectivity index (χ0v) is 41.9. The Hall–Kier alpha value is -3.25. The number of methoxy groups -OCH3 is 3. The molecule has 3 N–H and O–H groups in total. The summed E-state index contributed by atoms with van der Waals surface area (Å²) in [7, 11) is 4.69. The van der Waals surface area contributed by atoms with Gasteiger partial charge in [0.1, 0.15) is 30.1 Å². The van der Waals surface area contributed by atoms with E-state index in [-0.39, 0.29) is 62.2 Å². The van der Waals surface area contributed by atoms with Crippen LogP contribution < -0.4 is 0 Å². The van der Waals surface area contributed by atoms with Gasteiger partial charge in [-0.05, 0) is 113 Å². The highest BCUT2D eigenvalue weighted by molar-refractivity contribution is 7.79. The van der Waals surface area contributed by atoms with Gasteiger partial charge in [0.25, 0.3) is 11.7 Å². The summed E-state index contributed by atoms with van der Waals surface area (Å²) in [6, 6.07) is 6.22. The van der Waals surface area contributed by atoms with Crippen molar-refractivity contribution < 1.29 is 62.9 Å². The van der Waals surface area contributed by atoms with E-state index in [1.54, 1.807) is 26.3 Å². The third-order valence-corrected chi connectivity index (χ3v) is 15.0. The van der Waals surface area contributed by atoms with Crippen molar-refractivity contribution in [2.75, 3.05) is 34.5 Å². The van der Waals surface area contributed by atoms with E-state index < -0.39 is 83.9 Å². The molecular weight excluding hydrogens is 879 g/mol. The minimum Gasteiger partial charge on any atom is -0.456 e. The number of Topliss-reactive ketones (excluding diaryl/α,β-unsaturated/α-hetero) is 2. The summed E-state index contributed by atoms with van der Waals surface area (Å²) >= 11 is 5.06. The molecule has 15 unspecified atom stereocenters. The number of fused-ring (bicyclic) bond motifs is 3. The number of carbonyl (C=O) groups excluding carboxylic acids is 4. The van der Waals surface area contributed by atoms with Crippen LogP contribution in [-0.2, 0) is 47.6 Å². The minimum atomic E-state index is -2.52. The first-order valence-corrected chi connectivity index (χ1v) is 24.8. The zero-order chi connectivity index (χ0) is 49.2. The first-order chi connectivity index (χ1) is 31.9. The van der Waals surface area contributed by atoms with Gasteiger partial charge in [-0.1, -0.05) is 75.8 Å². The quantitative estimate of drug-likeness (QED) is 0.0935. The molecule has 3 heterocycles. The topological polar surface area (TPSA) is 188 Å². The van der Waals surface area contributed by atoms with Crippen molar-refractivity contribution in [3.63, 3.8) is 0 Å². The number of ether oxygens (including phenoxy) is 6. The standard InChI is InChI=1S/C52H77NO13S/c1-10-37-21-30(2)20-31(3)22-45(62-8)48-46(63-9)24-33(5)52(60,66-48)49(57)50(58)53-19-12-11-16-39(53)51(59)65-47(34(6)40(54)27-41(37)55)32(4)23-35-17-18-43(44(26-35)61-7)64-28-42(56)38-15-13-14-36(25-38)29-67/h13-15,21,23,25,29,31,33-35,37,39-40,42-48,54,56,60H,10-12,16-20,22,24,26-28H2,1-9H3/b30-21+,32-23?. The summed E-state index contributed by atoms with van der Waals surface area (Å²) in [5, 5.41) is 36.5. The summed E-state index contributed by atoms with van der Waals surface area (Å²) in [6.07, 6.45) is 3.14. The lowest BCUT2D eigenvalue weighted by Gasteiger charge is -2.47. The number of cyclic esters (lactones) is 1. The number of benzene rings is 1. The van der Waals surface area contributed by atoms with E-state index >= 15 is 0 Å². The second-order valence-electron chi connectivity index (χ2n) is 19.8. The molecule has 1 aromatic carbocycles. The van der Waals surface area contributed by atoms with E-state index in [1.165, 1.54) is 19.1 Å². The molecule has 67 heavy (non-hydrogen) atoms. The highest BCUT2D eigenvalue weighted by Gasteiger charge is 2.56. The van der Waals surface area contributed by atoms with Gasteiger partial charge in [-0.3, -0.25) is 14.4 Å². The number of aliphatic hydroxyl groups is 3. The Balaban J connectivity index is 1.44. The van der Waals surface area contributed by atoms with Gasteiger partial charge < -0.3 is 48.6 Å². The summed E-state index contributed by atoms with van der Waals surface area (Å²) in [4.78, 5) is 58.4. The molecule has 1 amide bonds. The van der Waals surface area contributed by atoms with E-state index in [0.717, 1.165) is 11.1 Å². The number of hydrogen-bond acceptors (Lipinski definition) is 14. The van der Waals surface area contributed by atoms with Gasteiger partial charge in [-0.15, -0.1) is 0 Å². The predicted molar refractivity (Wildman–Crippen MR) is 256 cm³/mol. The maximum Gasteiger partial charge on any atom is 0.329 e. The average molecular weight is 956 g/mol. The van der Waals surface area contributed by atoms with Crippen LogP contribution in [0.1, 0.15) is 129 Å². The van der Waals surface area contributed by atoms with Crippen LogP contribution >= 0.6 is 12.2 Å². The number of esters is 1. The second kappa shape index (κ2) is 25.0. The maximum atomic E-state index is 14.5. The van der Waals surface area contributed by atoms with Gasteiger partial charge in [0.2, 0.25) is 5.79 Å². The molecule has 15 atom stereocenters. The molecule has 1 aliphatic carbocycles. The highest BCUT2D eigenvalue weighted by Crippen LogP contribution is 2.39. The van der Waals surface area contributed by atoms with Crippen LogP contribution in [0.2, 0.25) is 0 Å². The van der Waals surface area contributed by atoms with Crippen molar-refractivity contribution in [1.82, 2.24) is 4.90 Å². The fourth-order valence-corrected chi connectivity index (χ4v) is 10.9. The van der Waals surface area contributed by atoms with Gasteiger partial charge >= 0.3 is 5.97 Å². The Labute approximate surface area is 403 Å². The smallest absolute Gasteiger partial charge is 0.329 e. The Morgan fingerprint density at radius 1 is 0.955 bits per heavy atom. The van der Waals surface area contributed by atoms with Crippen LogP contribution in [0.25, 0.3) is 0 Å². The van der Waals surface area contributed by atoms with Crippen LogP contribution in [0.15, 0.2) is 47.6 Å². The number of allylic oxidation sites excluding steroid dienone is 3. The number of piperidine rings is 1. The Bertz CT molecular complexity index is 1920. The summed E-state index contributed by atoms with van der Waals surface area (Å²) < 4.78 is 36.6. The normalized spacial score (nSPS) is 37.1. The second-order valence-corrected chi connectivity index (χ2v) is 20.0. The van der Waals surface area contributed by atoms with Gasteiger partial charge in [0.05, 0.1) is 37.1 Å². The molecule has 0 spiro atoms. The summed E-state index contributed by atoms with van der Waals surface area (Å²) in [6.45, 7) is 11.3. The van der Waals surface area contributed by atoms with Crippen molar-refractivity contribution in [1.29, 1.82) is 0 Å².